The zero-order chi connectivity index (χ0) is 22.8. The van der Waals surface area contributed by atoms with Gasteiger partial charge in [-0.05, 0) is 73.9 Å². The topological polar surface area (TPSA) is 61.4 Å². The summed E-state index contributed by atoms with van der Waals surface area (Å²) in [6.07, 6.45) is 0. The number of halogens is 2. The summed E-state index contributed by atoms with van der Waals surface area (Å²) in [5.74, 6) is 0.813. The van der Waals surface area contributed by atoms with Crippen molar-refractivity contribution in [1.29, 1.82) is 0 Å². The van der Waals surface area contributed by atoms with E-state index >= 15 is 0 Å². The molecule has 0 unspecified atom stereocenters. The van der Waals surface area contributed by atoms with E-state index < -0.39 is 0 Å². The van der Waals surface area contributed by atoms with Crippen molar-refractivity contribution in [3.8, 4) is 11.3 Å². The van der Waals surface area contributed by atoms with Crippen LogP contribution in [-0.2, 0) is 0 Å². The number of aryl methyl sites for hydroxylation is 3. The maximum absolute atomic E-state index is 12.6. The third-order valence-electron chi connectivity index (χ3n) is 5.83. The second-order valence-corrected chi connectivity index (χ2v) is 8.90. The molecule has 0 bridgehead atoms. The van der Waals surface area contributed by atoms with Crippen LogP contribution in [0.15, 0.2) is 42.5 Å². The Morgan fingerprint density at radius 2 is 1.59 bits per heavy atom. The van der Waals surface area contributed by atoms with E-state index in [0.717, 1.165) is 17.1 Å². The van der Waals surface area contributed by atoms with E-state index in [1.165, 1.54) is 16.7 Å². The van der Waals surface area contributed by atoms with Gasteiger partial charge in [-0.2, -0.15) is 0 Å². The van der Waals surface area contributed by atoms with E-state index in [9.17, 15) is 4.79 Å². The lowest BCUT2D eigenvalue weighted by atomic mass is 9.99. The number of carbonyl (C=O) groups excluding carboxylic acids is 1. The highest BCUT2D eigenvalue weighted by molar-refractivity contribution is 6.35. The first-order valence-corrected chi connectivity index (χ1v) is 11.3. The second-order valence-electron chi connectivity index (χ2n) is 8.06. The molecule has 6 nitrogen and oxygen atoms in total. The Hall–Kier alpha value is -2.83. The number of carbonyl (C=O) groups is 1. The summed E-state index contributed by atoms with van der Waals surface area (Å²) >= 11 is 12.2. The van der Waals surface area contributed by atoms with Crippen LogP contribution in [0.2, 0.25) is 10.0 Å². The maximum Gasteiger partial charge on any atom is 0.322 e. The predicted octanol–water partition coefficient (Wildman–Crippen LogP) is 5.73. The molecule has 2 amide bonds. The van der Waals surface area contributed by atoms with Crippen molar-refractivity contribution < 1.29 is 4.79 Å². The molecule has 1 saturated heterocycles. The van der Waals surface area contributed by atoms with Crippen LogP contribution in [0.4, 0.5) is 16.3 Å². The lowest BCUT2D eigenvalue weighted by molar-refractivity contribution is 0.208. The maximum atomic E-state index is 12.6. The highest BCUT2D eigenvalue weighted by Crippen LogP contribution is 2.27. The Kier molecular flexibility index (Phi) is 6.53. The van der Waals surface area contributed by atoms with Crippen LogP contribution in [-0.4, -0.2) is 47.3 Å². The molecule has 166 valence electrons. The molecule has 1 fully saturated rings. The fourth-order valence-electron chi connectivity index (χ4n) is 3.80. The largest absolute Gasteiger partial charge is 0.352 e. The van der Waals surface area contributed by atoms with Gasteiger partial charge >= 0.3 is 6.03 Å². The quantitative estimate of drug-likeness (QED) is 0.531. The zero-order valence-corrected chi connectivity index (χ0v) is 19.8. The number of benzene rings is 2. The Bertz CT molecular complexity index is 1140. The average molecular weight is 470 g/mol. The Morgan fingerprint density at radius 3 is 2.28 bits per heavy atom. The molecule has 8 heteroatoms. The first-order valence-electron chi connectivity index (χ1n) is 10.5. The summed E-state index contributed by atoms with van der Waals surface area (Å²) in [5, 5.41) is 12.7. The first kappa shape index (κ1) is 22.4. The number of urea groups is 1. The van der Waals surface area contributed by atoms with Gasteiger partial charge in [0.1, 0.15) is 0 Å². The van der Waals surface area contributed by atoms with Crippen molar-refractivity contribution in [1.82, 2.24) is 15.1 Å². The number of piperazine rings is 1. The van der Waals surface area contributed by atoms with Crippen LogP contribution in [0.3, 0.4) is 0 Å². The van der Waals surface area contributed by atoms with E-state index in [4.69, 9.17) is 23.2 Å². The summed E-state index contributed by atoms with van der Waals surface area (Å²) in [5.41, 5.74) is 6.18. The van der Waals surface area contributed by atoms with Gasteiger partial charge in [-0.1, -0.05) is 29.3 Å². The number of rotatable bonds is 3. The molecular weight excluding hydrogens is 445 g/mol. The molecule has 1 N–H and O–H groups in total. The summed E-state index contributed by atoms with van der Waals surface area (Å²) in [4.78, 5) is 16.5. The molecule has 0 saturated carbocycles. The standard InChI is InChI=1S/C24H25Cl2N5O/c1-15-12-17(3)19(13-16(15)2)21-6-7-23(29-28-21)30-8-10-31(11-9-30)24(32)27-22-14-18(25)4-5-20(22)26/h4-7,12-14H,8-11H2,1-3H3,(H,27,32). The molecule has 32 heavy (non-hydrogen) atoms. The number of nitrogens with one attached hydrogen (secondary N) is 1. The number of hydrogen-bond acceptors (Lipinski definition) is 4. The Labute approximate surface area is 198 Å². The number of amides is 2. The first-order chi connectivity index (χ1) is 15.3. The van der Waals surface area contributed by atoms with Gasteiger partial charge in [0.2, 0.25) is 0 Å². The molecule has 4 rings (SSSR count). The van der Waals surface area contributed by atoms with Gasteiger partial charge in [-0.25, -0.2) is 4.79 Å². The molecular formula is C24H25Cl2N5O. The molecule has 2 aromatic carbocycles. The van der Waals surface area contributed by atoms with Crippen molar-refractivity contribution in [2.75, 3.05) is 36.4 Å². The highest BCUT2D eigenvalue weighted by Gasteiger charge is 2.23. The fraction of sp³-hybridized carbons (Fsp3) is 0.292. The minimum Gasteiger partial charge on any atom is -0.352 e. The summed E-state index contributed by atoms with van der Waals surface area (Å²) in [6.45, 7) is 8.81. The van der Waals surface area contributed by atoms with Crippen LogP contribution in [0.5, 0.6) is 0 Å². The lowest BCUT2D eigenvalue weighted by Crippen LogP contribution is -2.50. The average Bonchev–Trinajstić information content (AvgIpc) is 2.79. The lowest BCUT2D eigenvalue weighted by Gasteiger charge is -2.35. The molecule has 0 radical (unpaired) electrons. The molecule has 2 heterocycles. The van der Waals surface area contributed by atoms with Gasteiger partial charge in [0, 0.05) is 36.8 Å². The number of nitrogens with zero attached hydrogens (tertiary/aromatic N) is 4. The number of anilines is 2. The van der Waals surface area contributed by atoms with E-state index in [1.54, 1.807) is 23.1 Å². The molecule has 0 aliphatic carbocycles. The van der Waals surface area contributed by atoms with Gasteiger partial charge in [-0.15, -0.1) is 10.2 Å². The molecule has 3 aromatic rings. The molecule has 0 spiro atoms. The highest BCUT2D eigenvalue weighted by atomic mass is 35.5. The summed E-state index contributed by atoms with van der Waals surface area (Å²) in [7, 11) is 0. The van der Waals surface area contributed by atoms with Crippen LogP contribution >= 0.6 is 23.2 Å². The third kappa shape index (κ3) is 4.81. The molecule has 0 atom stereocenters. The van der Waals surface area contributed by atoms with Crippen molar-refractivity contribution in [3.63, 3.8) is 0 Å². The minimum atomic E-state index is -0.194. The van der Waals surface area contributed by atoms with E-state index in [0.29, 0.717) is 41.9 Å². The van der Waals surface area contributed by atoms with Gasteiger partial charge in [0.05, 0.1) is 16.4 Å². The molecule has 1 aliphatic heterocycles. The second kappa shape index (κ2) is 9.35. The zero-order valence-electron chi connectivity index (χ0n) is 18.3. The van der Waals surface area contributed by atoms with Crippen molar-refractivity contribution >= 4 is 40.7 Å². The minimum absolute atomic E-state index is 0.194. The predicted molar refractivity (Wildman–Crippen MR) is 131 cm³/mol. The van der Waals surface area contributed by atoms with E-state index in [1.807, 2.05) is 12.1 Å². The Morgan fingerprint density at radius 1 is 0.875 bits per heavy atom. The monoisotopic (exact) mass is 469 g/mol. The van der Waals surface area contributed by atoms with Crippen molar-refractivity contribution in [2.24, 2.45) is 0 Å². The van der Waals surface area contributed by atoms with Crippen LogP contribution in [0.25, 0.3) is 11.3 Å². The summed E-state index contributed by atoms with van der Waals surface area (Å²) < 4.78 is 0. The number of aromatic nitrogens is 2. The van der Waals surface area contributed by atoms with Gasteiger partial charge in [0.25, 0.3) is 0 Å². The molecule has 1 aromatic heterocycles. The van der Waals surface area contributed by atoms with E-state index in [2.05, 4.69) is 53.3 Å². The number of hydrogen-bond donors (Lipinski definition) is 1. The van der Waals surface area contributed by atoms with Crippen molar-refractivity contribution in [3.05, 3.63) is 69.2 Å². The van der Waals surface area contributed by atoms with Crippen LogP contribution in [0.1, 0.15) is 16.7 Å². The SMILES string of the molecule is Cc1cc(C)c(-c2ccc(N3CCN(C(=O)Nc4cc(Cl)ccc4Cl)CC3)nn2)cc1C. The van der Waals surface area contributed by atoms with Gasteiger partial charge in [0.15, 0.2) is 5.82 Å². The molecule has 1 aliphatic rings. The fourth-order valence-corrected chi connectivity index (χ4v) is 4.14. The normalized spacial score (nSPS) is 13.9. The van der Waals surface area contributed by atoms with Crippen LogP contribution < -0.4 is 10.2 Å². The third-order valence-corrected chi connectivity index (χ3v) is 6.39. The smallest absolute Gasteiger partial charge is 0.322 e. The van der Waals surface area contributed by atoms with E-state index in [-0.39, 0.29) is 6.03 Å². The van der Waals surface area contributed by atoms with Gasteiger partial charge < -0.3 is 15.1 Å². The van der Waals surface area contributed by atoms with Crippen LogP contribution in [0, 0.1) is 20.8 Å². The summed E-state index contributed by atoms with van der Waals surface area (Å²) in [6, 6.07) is 13.2. The Balaban J connectivity index is 1.38. The van der Waals surface area contributed by atoms with Gasteiger partial charge in [-0.3, -0.25) is 0 Å². The van der Waals surface area contributed by atoms with Crippen molar-refractivity contribution in [2.45, 2.75) is 20.8 Å².